The van der Waals surface area contributed by atoms with Gasteiger partial charge in [-0.1, -0.05) is 11.3 Å². The van der Waals surface area contributed by atoms with Crippen LogP contribution in [0.5, 0.6) is 5.75 Å². The number of carbonyl (C=O) groups is 1. The fourth-order valence-electron chi connectivity index (χ4n) is 3.20. The summed E-state index contributed by atoms with van der Waals surface area (Å²) in [4.78, 5) is 22.7. The smallest absolute Gasteiger partial charge is 0.319 e. The molecule has 2 heterocycles. The van der Waals surface area contributed by atoms with E-state index in [1.807, 2.05) is 31.0 Å². The quantitative estimate of drug-likeness (QED) is 0.837. The minimum Gasteiger partial charge on any atom is -0.494 e. The van der Waals surface area contributed by atoms with Crippen molar-refractivity contribution in [2.45, 2.75) is 25.8 Å². The molecule has 0 atom stereocenters. The first-order valence-electron chi connectivity index (χ1n) is 8.72. The molecule has 0 N–H and O–H groups in total. The predicted molar refractivity (Wildman–Crippen MR) is 103 cm³/mol. The minimum absolute atomic E-state index is 0.0712. The highest BCUT2D eigenvalue weighted by Gasteiger charge is 2.27. The number of hydrogen-bond acceptors (Lipinski definition) is 5. The van der Waals surface area contributed by atoms with E-state index < -0.39 is 0 Å². The zero-order chi connectivity index (χ0) is 18.0. The molecule has 0 aliphatic carbocycles. The Bertz CT molecular complexity index is 738. The number of aromatic nitrogens is 1. The van der Waals surface area contributed by atoms with Crippen LogP contribution < -0.4 is 9.64 Å². The van der Waals surface area contributed by atoms with Crippen molar-refractivity contribution in [3.63, 3.8) is 0 Å². The van der Waals surface area contributed by atoms with E-state index >= 15 is 0 Å². The fourth-order valence-corrected chi connectivity index (χ4v) is 4.25. The van der Waals surface area contributed by atoms with Crippen LogP contribution in [0.1, 0.15) is 19.8 Å². The third-order valence-corrected chi connectivity index (χ3v) is 5.71. The molecule has 25 heavy (non-hydrogen) atoms. The summed E-state index contributed by atoms with van der Waals surface area (Å²) in [6.45, 7) is 4.51. The number of urea groups is 1. The number of benzene rings is 1. The molecule has 2 aromatic rings. The number of carbonyl (C=O) groups excluding carboxylic acids is 1. The zero-order valence-electron chi connectivity index (χ0n) is 15.4. The van der Waals surface area contributed by atoms with Crippen LogP contribution in [-0.4, -0.2) is 67.7 Å². The largest absolute Gasteiger partial charge is 0.494 e. The summed E-state index contributed by atoms with van der Waals surface area (Å²) in [5, 5.41) is 1.06. The Morgan fingerprint density at radius 2 is 2.04 bits per heavy atom. The number of piperidine rings is 1. The summed E-state index contributed by atoms with van der Waals surface area (Å²) in [5.74, 6) is 0.896. The monoisotopic (exact) mass is 362 g/mol. The van der Waals surface area contributed by atoms with E-state index in [4.69, 9.17) is 9.72 Å². The van der Waals surface area contributed by atoms with Gasteiger partial charge in [-0.2, -0.15) is 0 Å². The van der Waals surface area contributed by atoms with Crippen LogP contribution in [0.15, 0.2) is 18.2 Å². The standard InChI is InChI=1S/C18H26N4O2S/c1-5-24-14-6-7-15-16(12-14)25-17(19-15)22-10-8-13(9-11-22)21(4)18(23)20(2)3/h6-7,12-13H,5,8-11H2,1-4H3. The summed E-state index contributed by atoms with van der Waals surface area (Å²) < 4.78 is 6.73. The Balaban J connectivity index is 1.66. The third-order valence-electron chi connectivity index (χ3n) is 4.63. The number of nitrogens with zero attached hydrogens (tertiary/aromatic N) is 4. The average Bonchev–Trinajstić information content (AvgIpc) is 3.04. The van der Waals surface area contributed by atoms with Crippen LogP contribution in [0, 0.1) is 0 Å². The lowest BCUT2D eigenvalue weighted by Gasteiger charge is -2.37. The van der Waals surface area contributed by atoms with Crippen molar-refractivity contribution in [3.05, 3.63) is 18.2 Å². The SMILES string of the molecule is CCOc1ccc2nc(N3CCC(N(C)C(=O)N(C)C)CC3)sc2c1. The lowest BCUT2D eigenvalue weighted by Crippen LogP contribution is -2.48. The van der Waals surface area contributed by atoms with Gasteiger partial charge in [0.15, 0.2) is 5.13 Å². The van der Waals surface area contributed by atoms with Gasteiger partial charge in [0.25, 0.3) is 0 Å². The highest BCUT2D eigenvalue weighted by molar-refractivity contribution is 7.22. The van der Waals surface area contributed by atoms with Gasteiger partial charge in [-0.25, -0.2) is 9.78 Å². The van der Waals surface area contributed by atoms with Crippen LogP contribution in [0.3, 0.4) is 0 Å². The van der Waals surface area contributed by atoms with Gasteiger partial charge < -0.3 is 19.4 Å². The number of ether oxygens (including phenoxy) is 1. The molecule has 1 fully saturated rings. The molecule has 1 aromatic carbocycles. The van der Waals surface area contributed by atoms with Gasteiger partial charge in [0, 0.05) is 40.3 Å². The second-order valence-electron chi connectivity index (χ2n) is 6.57. The van der Waals surface area contributed by atoms with E-state index in [2.05, 4.69) is 11.0 Å². The lowest BCUT2D eigenvalue weighted by molar-refractivity contribution is 0.155. The third kappa shape index (κ3) is 3.81. The van der Waals surface area contributed by atoms with Gasteiger partial charge in [-0.3, -0.25) is 0 Å². The number of anilines is 1. The van der Waals surface area contributed by atoms with Crippen LogP contribution in [0.4, 0.5) is 9.93 Å². The molecule has 136 valence electrons. The van der Waals surface area contributed by atoms with Crippen molar-refractivity contribution in [1.82, 2.24) is 14.8 Å². The number of thiazole rings is 1. The molecule has 3 rings (SSSR count). The van der Waals surface area contributed by atoms with Gasteiger partial charge in [0.05, 0.1) is 16.8 Å². The molecule has 1 aromatic heterocycles. The van der Waals surface area contributed by atoms with Crippen LogP contribution >= 0.6 is 11.3 Å². The van der Waals surface area contributed by atoms with E-state index in [0.717, 1.165) is 47.0 Å². The normalized spacial score (nSPS) is 15.4. The molecular weight excluding hydrogens is 336 g/mol. The molecule has 0 bridgehead atoms. The fraction of sp³-hybridized carbons (Fsp3) is 0.556. The number of fused-ring (bicyclic) bond motifs is 1. The lowest BCUT2D eigenvalue weighted by atomic mass is 10.0. The molecule has 0 unspecified atom stereocenters. The van der Waals surface area contributed by atoms with Gasteiger partial charge >= 0.3 is 6.03 Å². The summed E-state index contributed by atoms with van der Waals surface area (Å²) in [5.41, 5.74) is 1.02. The molecule has 2 amide bonds. The Morgan fingerprint density at radius 3 is 2.68 bits per heavy atom. The van der Waals surface area contributed by atoms with Crippen molar-refractivity contribution < 1.29 is 9.53 Å². The first-order chi connectivity index (χ1) is 12.0. The maximum atomic E-state index is 12.1. The first kappa shape index (κ1) is 17.8. The number of rotatable bonds is 4. The Hall–Kier alpha value is -2.02. The molecule has 0 saturated carbocycles. The molecule has 1 saturated heterocycles. The van der Waals surface area contributed by atoms with E-state index in [1.54, 1.807) is 30.3 Å². The highest BCUT2D eigenvalue weighted by Crippen LogP contribution is 2.33. The van der Waals surface area contributed by atoms with Gasteiger partial charge in [-0.05, 0) is 38.0 Å². The Labute approximate surface area is 153 Å². The van der Waals surface area contributed by atoms with Crippen molar-refractivity contribution in [1.29, 1.82) is 0 Å². The minimum atomic E-state index is 0.0712. The molecule has 0 radical (unpaired) electrons. The van der Waals surface area contributed by atoms with Crippen molar-refractivity contribution in [3.8, 4) is 5.75 Å². The molecule has 1 aliphatic heterocycles. The van der Waals surface area contributed by atoms with Gasteiger partial charge in [0.2, 0.25) is 0 Å². The zero-order valence-corrected chi connectivity index (χ0v) is 16.2. The molecule has 1 aliphatic rings. The van der Waals surface area contributed by atoms with Crippen molar-refractivity contribution >= 4 is 32.7 Å². The maximum Gasteiger partial charge on any atom is 0.319 e. The van der Waals surface area contributed by atoms with Crippen LogP contribution in [0.25, 0.3) is 10.2 Å². The Kier molecular flexibility index (Phi) is 5.32. The average molecular weight is 362 g/mol. The predicted octanol–water partition coefficient (Wildman–Crippen LogP) is 3.28. The summed E-state index contributed by atoms with van der Waals surface area (Å²) >= 11 is 1.71. The molecule has 6 nitrogen and oxygen atoms in total. The molecule has 0 spiro atoms. The topological polar surface area (TPSA) is 48.9 Å². The highest BCUT2D eigenvalue weighted by atomic mass is 32.1. The Morgan fingerprint density at radius 1 is 1.32 bits per heavy atom. The maximum absolute atomic E-state index is 12.1. The van der Waals surface area contributed by atoms with Gasteiger partial charge in [-0.15, -0.1) is 0 Å². The van der Waals surface area contributed by atoms with Crippen LogP contribution in [-0.2, 0) is 0 Å². The number of amides is 2. The molecular formula is C18H26N4O2S. The van der Waals surface area contributed by atoms with Crippen molar-refractivity contribution in [2.24, 2.45) is 0 Å². The van der Waals surface area contributed by atoms with E-state index in [9.17, 15) is 4.79 Å². The summed E-state index contributed by atoms with van der Waals surface area (Å²) in [6, 6.07) is 6.43. The molecule has 7 heteroatoms. The number of hydrogen-bond donors (Lipinski definition) is 0. The second-order valence-corrected chi connectivity index (χ2v) is 7.57. The first-order valence-corrected chi connectivity index (χ1v) is 9.53. The van der Waals surface area contributed by atoms with Gasteiger partial charge in [0.1, 0.15) is 5.75 Å². The van der Waals surface area contributed by atoms with E-state index in [1.165, 1.54) is 0 Å². The van der Waals surface area contributed by atoms with E-state index in [-0.39, 0.29) is 6.03 Å². The second kappa shape index (κ2) is 7.47. The van der Waals surface area contributed by atoms with Crippen LogP contribution in [0.2, 0.25) is 0 Å². The summed E-state index contributed by atoms with van der Waals surface area (Å²) in [7, 11) is 5.49. The summed E-state index contributed by atoms with van der Waals surface area (Å²) in [6.07, 6.45) is 1.94. The van der Waals surface area contributed by atoms with E-state index in [0.29, 0.717) is 12.6 Å². The van der Waals surface area contributed by atoms with Crippen molar-refractivity contribution in [2.75, 3.05) is 45.7 Å².